The summed E-state index contributed by atoms with van der Waals surface area (Å²) in [6.45, 7) is 0. The van der Waals surface area contributed by atoms with E-state index < -0.39 is 5.91 Å². The van der Waals surface area contributed by atoms with Gasteiger partial charge in [-0.15, -0.1) is 0 Å². The third-order valence-corrected chi connectivity index (χ3v) is 4.90. The van der Waals surface area contributed by atoms with Crippen molar-refractivity contribution >= 4 is 18.2 Å². The van der Waals surface area contributed by atoms with Gasteiger partial charge in [0.2, 0.25) is 5.75 Å². The largest absolute Gasteiger partial charge is 0.502 e. The van der Waals surface area contributed by atoms with E-state index in [4.69, 9.17) is 13.9 Å². The van der Waals surface area contributed by atoms with Gasteiger partial charge in [-0.2, -0.15) is 5.10 Å². The van der Waals surface area contributed by atoms with Crippen molar-refractivity contribution in [2.75, 3.05) is 14.2 Å². The zero-order valence-corrected chi connectivity index (χ0v) is 16.0. The van der Waals surface area contributed by atoms with E-state index in [0.29, 0.717) is 11.3 Å². The van der Waals surface area contributed by atoms with Gasteiger partial charge < -0.3 is 19.0 Å². The minimum absolute atomic E-state index is 0.102. The molecule has 2 N–H and O–H groups in total. The highest BCUT2D eigenvalue weighted by atomic mass is 16.5. The van der Waals surface area contributed by atoms with Gasteiger partial charge in [0.15, 0.2) is 17.3 Å². The van der Waals surface area contributed by atoms with Crippen molar-refractivity contribution in [3.63, 3.8) is 0 Å². The van der Waals surface area contributed by atoms with Gasteiger partial charge in [-0.05, 0) is 24.3 Å². The quantitative estimate of drug-likeness (QED) is 0.599. The van der Waals surface area contributed by atoms with E-state index in [0.717, 1.165) is 5.56 Å². The second kappa shape index (κ2) is 7.71. The molecule has 0 fully saturated rings. The first-order valence-corrected chi connectivity index (χ1v) is 9.06. The molecule has 0 saturated heterocycles. The number of phenols is 1. The SMILES string of the molecule is COc1cc(C=NNC(=O)c2cc3c(o2)C=CC2C=CC=CC32)cc(OC)c1O. The van der Waals surface area contributed by atoms with Gasteiger partial charge in [0.1, 0.15) is 5.76 Å². The number of ether oxygens (including phenoxy) is 2. The zero-order valence-electron chi connectivity index (χ0n) is 16.0. The van der Waals surface area contributed by atoms with Gasteiger partial charge in [-0.25, -0.2) is 5.43 Å². The van der Waals surface area contributed by atoms with Gasteiger partial charge in [-0.1, -0.05) is 30.4 Å². The molecule has 7 nitrogen and oxygen atoms in total. The number of hydrogen-bond acceptors (Lipinski definition) is 6. The molecule has 0 radical (unpaired) electrons. The summed E-state index contributed by atoms with van der Waals surface area (Å²) in [7, 11) is 2.87. The maximum Gasteiger partial charge on any atom is 0.307 e. The Balaban J connectivity index is 1.49. The van der Waals surface area contributed by atoms with Crippen LogP contribution < -0.4 is 14.9 Å². The maximum absolute atomic E-state index is 12.4. The Morgan fingerprint density at radius 1 is 1.14 bits per heavy atom. The summed E-state index contributed by atoms with van der Waals surface area (Å²) in [5.74, 6) is 1.27. The first kappa shape index (κ1) is 18.6. The second-order valence-corrected chi connectivity index (χ2v) is 6.64. The molecule has 2 atom stereocenters. The Labute approximate surface area is 167 Å². The topological polar surface area (TPSA) is 93.3 Å². The molecule has 0 bridgehead atoms. The van der Waals surface area contributed by atoms with Crippen molar-refractivity contribution in [3.8, 4) is 17.2 Å². The van der Waals surface area contributed by atoms with Crippen LogP contribution in [0.15, 0.2) is 58.1 Å². The number of hydrazone groups is 1. The van der Waals surface area contributed by atoms with Gasteiger partial charge >= 0.3 is 5.91 Å². The lowest BCUT2D eigenvalue weighted by Gasteiger charge is -2.23. The van der Waals surface area contributed by atoms with Crippen LogP contribution in [0.1, 0.15) is 33.4 Å². The average Bonchev–Trinajstić information content (AvgIpc) is 3.19. The van der Waals surface area contributed by atoms with Crippen molar-refractivity contribution < 1.29 is 23.8 Å². The van der Waals surface area contributed by atoms with Crippen molar-refractivity contribution in [2.45, 2.75) is 5.92 Å². The summed E-state index contributed by atoms with van der Waals surface area (Å²) in [6, 6.07) is 4.91. The Morgan fingerprint density at radius 2 is 1.86 bits per heavy atom. The fourth-order valence-electron chi connectivity index (χ4n) is 3.45. The van der Waals surface area contributed by atoms with E-state index in [9.17, 15) is 9.90 Å². The number of amides is 1. The molecule has 2 unspecified atom stereocenters. The number of rotatable bonds is 5. The van der Waals surface area contributed by atoms with Crippen molar-refractivity contribution in [1.29, 1.82) is 0 Å². The summed E-state index contributed by atoms with van der Waals surface area (Å²) in [6.07, 6.45) is 13.6. The number of nitrogens with zero attached hydrogens (tertiary/aromatic N) is 1. The molecular weight excluding hydrogens is 372 g/mol. The highest BCUT2D eigenvalue weighted by Gasteiger charge is 2.28. The molecule has 0 saturated carbocycles. The van der Waals surface area contributed by atoms with E-state index >= 15 is 0 Å². The second-order valence-electron chi connectivity index (χ2n) is 6.64. The van der Waals surface area contributed by atoms with Crippen LogP contribution in [0, 0.1) is 5.92 Å². The molecule has 0 spiro atoms. The highest BCUT2D eigenvalue weighted by Crippen LogP contribution is 2.39. The molecule has 2 aliphatic rings. The first-order chi connectivity index (χ1) is 14.1. The van der Waals surface area contributed by atoms with Crippen LogP contribution in [0.4, 0.5) is 0 Å². The number of nitrogens with one attached hydrogen (secondary N) is 1. The summed E-state index contributed by atoms with van der Waals surface area (Å²) < 4.78 is 15.9. The van der Waals surface area contributed by atoms with Crippen molar-refractivity contribution in [2.24, 2.45) is 11.0 Å². The first-order valence-electron chi connectivity index (χ1n) is 9.06. The zero-order chi connectivity index (χ0) is 20.4. The number of furan rings is 1. The molecule has 2 aliphatic carbocycles. The molecule has 1 aromatic carbocycles. The van der Waals surface area contributed by atoms with Gasteiger partial charge in [0.05, 0.1) is 20.4 Å². The predicted octanol–water partition coefficient (Wildman–Crippen LogP) is 3.62. The summed E-state index contributed by atoms with van der Waals surface area (Å²) in [5, 5.41) is 13.9. The molecule has 148 valence electrons. The van der Waals surface area contributed by atoms with Crippen LogP contribution in [0.2, 0.25) is 0 Å². The predicted molar refractivity (Wildman–Crippen MR) is 109 cm³/mol. The van der Waals surface area contributed by atoms with E-state index in [2.05, 4.69) is 28.8 Å². The smallest absolute Gasteiger partial charge is 0.307 e. The Hall–Kier alpha value is -3.74. The van der Waals surface area contributed by atoms with Gasteiger partial charge in [0, 0.05) is 23.0 Å². The van der Waals surface area contributed by atoms with E-state index in [1.807, 2.05) is 18.2 Å². The molecule has 1 heterocycles. The fraction of sp³-hybridized carbons (Fsp3) is 0.182. The number of phenolic OH excluding ortho intramolecular Hbond substituents is 1. The van der Waals surface area contributed by atoms with Gasteiger partial charge in [-0.3, -0.25) is 4.79 Å². The monoisotopic (exact) mass is 392 g/mol. The standard InChI is InChI=1S/C22H20N2O5/c1-27-18-9-13(10-19(28-2)21(18)25)12-23-24-22(26)20-11-16-15-6-4-3-5-14(15)7-8-17(16)29-20/h3-12,14-15,25H,1-2H3,(H,24,26). The maximum atomic E-state index is 12.4. The fourth-order valence-corrected chi connectivity index (χ4v) is 3.45. The number of allylic oxidation sites excluding steroid dienone is 5. The number of carbonyl (C=O) groups excluding carboxylic acids is 1. The highest BCUT2D eigenvalue weighted by molar-refractivity contribution is 5.93. The Morgan fingerprint density at radius 3 is 2.59 bits per heavy atom. The van der Waals surface area contributed by atoms with Crippen LogP contribution in [0.25, 0.3) is 6.08 Å². The summed E-state index contributed by atoms with van der Waals surface area (Å²) >= 11 is 0. The van der Waals surface area contributed by atoms with Gasteiger partial charge in [0.25, 0.3) is 0 Å². The third-order valence-electron chi connectivity index (χ3n) is 4.90. The molecule has 29 heavy (non-hydrogen) atoms. The molecule has 4 rings (SSSR count). The van der Waals surface area contributed by atoms with Crippen LogP contribution >= 0.6 is 0 Å². The van der Waals surface area contributed by atoms with Crippen molar-refractivity contribution in [1.82, 2.24) is 5.43 Å². The van der Waals surface area contributed by atoms with E-state index in [-0.39, 0.29) is 34.8 Å². The number of aromatic hydroxyl groups is 1. The Kier molecular flexibility index (Phi) is 4.95. The number of hydrogen-bond donors (Lipinski definition) is 2. The lowest BCUT2D eigenvalue weighted by atomic mass is 9.80. The van der Waals surface area contributed by atoms with E-state index in [1.165, 1.54) is 20.4 Å². The Bertz CT molecular complexity index is 1040. The van der Waals surface area contributed by atoms with Crippen LogP contribution in [0.3, 0.4) is 0 Å². The number of methoxy groups -OCH3 is 2. The van der Waals surface area contributed by atoms with Crippen LogP contribution in [-0.4, -0.2) is 31.4 Å². The normalized spacial score (nSPS) is 19.1. The molecule has 1 amide bonds. The molecule has 7 heteroatoms. The molecule has 2 aromatic rings. The minimum atomic E-state index is -0.450. The number of benzene rings is 1. The lowest BCUT2D eigenvalue weighted by Crippen LogP contribution is -2.17. The number of carbonyl (C=O) groups is 1. The average molecular weight is 392 g/mol. The molecular formula is C22H20N2O5. The summed E-state index contributed by atoms with van der Waals surface area (Å²) in [4.78, 5) is 12.4. The molecule has 1 aromatic heterocycles. The minimum Gasteiger partial charge on any atom is -0.502 e. The van der Waals surface area contributed by atoms with Crippen LogP contribution in [0.5, 0.6) is 17.2 Å². The van der Waals surface area contributed by atoms with Crippen LogP contribution in [-0.2, 0) is 0 Å². The lowest BCUT2D eigenvalue weighted by molar-refractivity contribution is 0.0927. The summed E-state index contributed by atoms with van der Waals surface area (Å²) in [5.41, 5.74) is 4.02. The molecule has 0 aliphatic heterocycles. The number of fused-ring (bicyclic) bond motifs is 3. The van der Waals surface area contributed by atoms with Crippen molar-refractivity contribution in [3.05, 3.63) is 71.2 Å². The third kappa shape index (κ3) is 3.54. The van der Waals surface area contributed by atoms with E-state index in [1.54, 1.807) is 18.2 Å².